The van der Waals surface area contributed by atoms with E-state index in [0.29, 0.717) is 18.9 Å². The zero-order chi connectivity index (χ0) is 17.9. The van der Waals surface area contributed by atoms with Crippen molar-refractivity contribution in [2.24, 2.45) is 5.92 Å². The average Bonchev–Trinajstić information content (AvgIpc) is 3.47. The zero-order valence-electron chi connectivity index (χ0n) is 14.6. The Kier molecular flexibility index (Phi) is 5.49. The molecule has 0 bridgehead atoms. The maximum Gasteiger partial charge on any atom is 0.212 e. The third-order valence-corrected chi connectivity index (χ3v) is 6.30. The fraction of sp³-hybridized carbons (Fsp3) is 0.579. The largest absolute Gasteiger partial charge is 0.490 e. The molecule has 0 aliphatic heterocycles. The van der Waals surface area contributed by atoms with Crippen molar-refractivity contribution < 1.29 is 17.5 Å². The molecule has 25 heavy (non-hydrogen) atoms. The molecular formula is C19H26FNO3S. The van der Waals surface area contributed by atoms with Crippen molar-refractivity contribution in [1.29, 1.82) is 0 Å². The van der Waals surface area contributed by atoms with Crippen LogP contribution in [-0.2, 0) is 15.6 Å². The Morgan fingerprint density at radius 2 is 2.12 bits per heavy atom. The summed E-state index contributed by atoms with van der Waals surface area (Å²) in [4.78, 5) is 0. The van der Waals surface area contributed by atoms with Gasteiger partial charge in [-0.2, -0.15) is 0 Å². The van der Waals surface area contributed by atoms with Crippen LogP contribution in [0.4, 0.5) is 4.39 Å². The third kappa shape index (κ3) is 5.05. The Morgan fingerprint density at radius 1 is 1.36 bits per heavy atom. The molecule has 2 saturated carbocycles. The van der Waals surface area contributed by atoms with Gasteiger partial charge in [-0.15, -0.1) is 0 Å². The predicted molar refractivity (Wildman–Crippen MR) is 96.5 cm³/mol. The molecular weight excluding hydrogens is 341 g/mol. The second-order valence-corrected chi connectivity index (χ2v) is 8.96. The van der Waals surface area contributed by atoms with Crippen LogP contribution in [0.2, 0.25) is 0 Å². The zero-order valence-corrected chi connectivity index (χ0v) is 15.4. The lowest BCUT2D eigenvalue weighted by Gasteiger charge is -2.19. The quantitative estimate of drug-likeness (QED) is 0.504. The molecule has 1 aromatic carbocycles. The van der Waals surface area contributed by atoms with Crippen LogP contribution in [0.3, 0.4) is 0 Å². The van der Waals surface area contributed by atoms with Crippen LogP contribution in [0.1, 0.15) is 51.0 Å². The molecule has 2 aliphatic carbocycles. The number of allylic oxidation sites excluding steroid dienone is 2. The van der Waals surface area contributed by atoms with Crippen molar-refractivity contribution in [3.8, 4) is 5.75 Å². The summed E-state index contributed by atoms with van der Waals surface area (Å²) in [5.74, 6) is 0.469. The lowest BCUT2D eigenvalue weighted by molar-refractivity contribution is 0.284. The van der Waals surface area contributed by atoms with Crippen molar-refractivity contribution >= 4 is 10.0 Å². The summed E-state index contributed by atoms with van der Waals surface area (Å²) in [6.45, 7) is 2.45. The molecule has 4 nitrogen and oxygen atoms in total. The van der Waals surface area contributed by atoms with Crippen LogP contribution < -0.4 is 9.46 Å². The van der Waals surface area contributed by atoms with Crippen LogP contribution in [0.5, 0.6) is 5.75 Å². The van der Waals surface area contributed by atoms with E-state index in [1.807, 2.05) is 19.1 Å². The first-order valence-corrected chi connectivity index (χ1v) is 10.6. The first-order valence-electron chi connectivity index (χ1n) is 9.00. The average molecular weight is 367 g/mol. The second-order valence-electron chi connectivity index (χ2n) is 7.11. The van der Waals surface area contributed by atoms with Gasteiger partial charge in [-0.3, -0.25) is 0 Å². The standard InChI is InChI=1S/C19H26FNO3S/c1-2-3-4-5-12-25(22,23)21-19(10-11-19)16-8-9-17(20)18(13-16)24-14-15-6-7-15/h2-3,8-9,13,15,21H,4-7,10-12,14H2,1H3/b3-2+. The number of hydrogen-bond donors (Lipinski definition) is 1. The molecule has 0 atom stereocenters. The van der Waals surface area contributed by atoms with Crippen molar-refractivity contribution in [3.63, 3.8) is 0 Å². The highest BCUT2D eigenvalue weighted by atomic mass is 32.2. The van der Waals surface area contributed by atoms with E-state index in [9.17, 15) is 12.8 Å². The van der Waals surface area contributed by atoms with Crippen molar-refractivity contribution in [2.45, 2.75) is 51.0 Å². The molecule has 2 fully saturated rings. The first-order chi connectivity index (χ1) is 11.9. The van der Waals surface area contributed by atoms with Gasteiger partial charge in [0, 0.05) is 0 Å². The molecule has 138 valence electrons. The van der Waals surface area contributed by atoms with Crippen molar-refractivity contribution in [2.75, 3.05) is 12.4 Å². The summed E-state index contributed by atoms with van der Waals surface area (Å²) in [6.07, 6.45) is 8.96. The van der Waals surface area contributed by atoms with E-state index in [1.54, 1.807) is 12.1 Å². The molecule has 6 heteroatoms. The molecule has 0 amide bonds. The van der Waals surface area contributed by atoms with Gasteiger partial charge in [0.05, 0.1) is 17.9 Å². The van der Waals surface area contributed by atoms with E-state index in [-0.39, 0.29) is 11.5 Å². The smallest absolute Gasteiger partial charge is 0.212 e. The van der Waals surface area contributed by atoms with Gasteiger partial charge in [-0.1, -0.05) is 18.2 Å². The van der Waals surface area contributed by atoms with Crippen LogP contribution in [0.15, 0.2) is 30.4 Å². The highest BCUT2D eigenvalue weighted by molar-refractivity contribution is 7.89. The summed E-state index contributed by atoms with van der Waals surface area (Å²) in [7, 11) is -3.36. The maximum atomic E-state index is 14.0. The maximum absolute atomic E-state index is 14.0. The van der Waals surface area contributed by atoms with Crippen molar-refractivity contribution in [3.05, 3.63) is 41.7 Å². The Labute approximate surface area is 149 Å². The molecule has 2 aliphatic rings. The van der Waals surface area contributed by atoms with Gasteiger partial charge < -0.3 is 4.74 Å². The Balaban J connectivity index is 1.66. The second kappa shape index (κ2) is 7.46. The highest BCUT2D eigenvalue weighted by Gasteiger charge is 2.47. The highest BCUT2D eigenvalue weighted by Crippen LogP contribution is 2.47. The van der Waals surface area contributed by atoms with Crippen LogP contribution in [0.25, 0.3) is 0 Å². The topological polar surface area (TPSA) is 55.4 Å². The number of benzene rings is 1. The minimum absolute atomic E-state index is 0.103. The van der Waals surface area contributed by atoms with Crippen molar-refractivity contribution in [1.82, 2.24) is 4.72 Å². The summed E-state index contributed by atoms with van der Waals surface area (Å²) in [5.41, 5.74) is 0.196. The van der Waals surface area contributed by atoms with Gasteiger partial charge in [-0.05, 0) is 69.1 Å². The molecule has 0 unspecified atom stereocenters. The van der Waals surface area contributed by atoms with E-state index in [1.165, 1.54) is 6.07 Å². The monoisotopic (exact) mass is 367 g/mol. The number of unbranched alkanes of at least 4 members (excludes halogenated alkanes) is 1. The molecule has 1 aromatic rings. The SMILES string of the molecule is C/C=C/CCCS(=O)(=O)NC1(c2ccc(F)c(OCC3CC3)c2)CC1. The first kappa shape index (κ1) is 18.4. The number of halogens is 1. The normalized spacial score (nSPS) is 19.3. The van der Waals surface area contributed by atoms with Gasteiger partial charge in [0.25, 0.3) is 0 Å². The molecule has 1 N–H and O–H groups in total. The minimum atomic E-state index is -3.36. The molecule has 0 aromatic heterocycles. The van der Waals surface area contributed by atoms with Gasteiger partial charge in [0.1, 0.15) is 0 Å². The molecule has 0 radical (unpaired) electrons. The minimum Gasteiger partial charge on any atom is -0.490 e. The fourth-order valence-corrected chi connectivity index (χ4v) is 4.45. The van der Waals surface area contributed by atoms with Crippen LogP contribution >= 0.6 is 0 Å². The lowest BCUT2D eigenvalue weighted by atomic mass is 10.1. The van der Waals surface area contributed by atoms with Gasteiger partial charge in [-0.25, -0.2) is 17.5 Å². The Morgan fingerprint density at radius 3 is 2.76 bits per heavy atom. The van der Waals surface area contributed by atoms with E-state index in [4.69, 9.17) is 4.74 Å². The van der Waals surface area contributed by atoms with E-state index >= 15 is 0 Å². The van der Waals surface area contributed by atoms with Gasteiger partial charge in [0.2, 0.25) is 10.0 Å². The fourth-order valence-electron chi connectivity index (χ4n) is 2.89. The third-order valence-electron chi connectivity index (χ3n) is 4.78. The van der Waals surface area contributed by atoms with Gasteiger partial charge in [0.15, 0.2) is 11.6 Å². The summed E-state index contributed by atoms with van der Waals surface area (Å²) in [5, 5.41) is 0. The molecule has 3 rings (SSSR count). The molecule has 0 spiro atoms. The molecule has 0 saturated heterocycles. The number of hydrogen-bond acceptors (Lipinski definition) is 3. The Bertz CT molecular complexity index is 737. The van der Waals surface area contributed by atoms with E-state index < -0.39 is 21.4 Å². The predicted octanol–water partition coefficient (Wildman–Crippen LogP) is 3.88. The van der Waals surface area contributed by atoms with E-state index in [2.05, 4.69) is 4.72 Å². The Hall–Kier alpha value is -1.40. The number of ether oxygens (including phenoxy) is 1. The van der Waals surface area contributed by atoms with Gasteiger partial charge >= 0.3 is 0 Å². The number of sulfonamides is 1. The summed E-state index contributed by atoms with van der Waals surface area (Å²) < 4.78 is 47.1. The number of nitrogens with one attached hydrogen (secondary N) is 1. The van der Waals surface area contributed by atoms with Crippen LogP contribution in [-0.4, -0.2) is 20.8 Å². The summed E-state index contributed by atoms with van der Waals surface area (Å²) >= 11 is 0. The lowest BCUT2D eigenvalue weighted by Crippen LogP contribution is -2.36. The summed E-state index contributed by atoms with van der Waals surface area (Å²) in [6, 6.07) is 4.69. The van der Waals surface area contributed by atoms with Crippen LogP contribution in [0, 0.1) is 11.7 Å². The number of rotatable bonds is 10. The van der Waals surface area contributed by atoms with E-state index in [0.717, 1.165) is 37.7 Å². The molecule has 0 heterocycles.